The first kappa shape index (κ1) is 16.1. The summed E-state index contributed by atoms with van der Waals surface area (Å²) in [7, 11) is 0. The fourth-order valence-corrected chi connectivity index (χ4v) is 3.64. The zero-order valence-corrected chi connectivity index (χ0v) is 13.6. The molecule has 5 nitrogen and oxygen atoms in total. The van der Waals surface area contributed by atoms with E-state index in [1.54, 1.807) is 18.2 Å². The van der Waals surface area contributed by atoms with Gasteiger partial charge in [-0.25, -0.2) is 4.79 Å². The number of nitrogens with two attached hydrogens (primary N) is 1. The number of carboxylic acid groups (broad SMARTS) is 1. The molecule has 0 aromatic heterocycles. The van der Waals surface area contributed by atoms with Gasteiger partial charge in [0, 0.05) is 11.1 Å². The maximum Gasteiger partial charge on any atom is 0.335 e. The standard InChI is InChI=1S/C21H15NO4/c22-19(23)17-16-10-9-15(12-5-2-1-3-6-12)18(17)21(16,26)14-8-4-7-13(11-14)20(24)25/h1-11,26H,(H2,22,23)(H,24,25). The fraction of sp³-hybridized carbons (Fsp3) is 0.0476. The lowest BCUT2D eigenvalue weighted by molar-refractivity contribution is 0.0694. The molecule has 0 spiro atoms. The van der Waals surface area contributed by atoms with Gasteiger partial charge in [-0.2, -0.15) is 0 Å². The van der Waals surface area contributed by atoms with Gasteiger partial charge < -0.3 is 15.9 Å². The highest BCUT2D eigenvalue weighted by molar-refractivity contribution is 6.04. The van der Waals surface area contributed by atoms with Crippen LogP contribution in [0, 0.1) is 0 Å². The van der Waals surface area contributed by atoms with Gasteiger partial charge in [-0.3, -0.25) is 4.79 Å². The van der Waals surface area contributed by atoms with Crippen LogP contribution in [0.25, 0.3) is 11.1 Å². The van der Waals surface area contributed by atoms with Gasteiger partial charge in [0.2, 0.25) is 5.91 Å². The number of carboxylic acids is 1. The van der Waals surface area contributed by atoms with Crippen molar-refractivity contribution in [2.24, 2.45) is 5.73 Å². The Hall–Kier alpha value is -3.44. The van der Waals surface area contributed by atoms with E-state index >= 15 is 0 Å². The smallest absolute Gasteiger partial charge is 0.335 e. The Morgan fingerprint density at radius 1 is 0.923 bits per heavy atom. The molecule has 128 valence electrons. The lowest BCUT2D eigenvalue weighted by atomic mass is 9.63. The monoisotopic (exact) mass is 345 g/mol. The number of fused-ring (bicyclic) bond motifs is 2. The van der Waals surface area contributed by atoms with Crippen LogP contribution in [0.15, 0.2) is 66.7 Å². The molecule has 5 heteroatoms. The third-order valence-electron chi connectivity index (χ3n) is 4.82. The minimum absolute atomic E-state index is 0.0629. The van der Waals surface area contributed by atoms with Crippen molar-refractivity contribution in [3.63, 3.8) is 0 Å². The van der Waals surface area contributed by atoms with Crippen LogP contribution in [-0.2, 0) is 5.60 Å². The Morgan fingerprint density at radius 2 is 1.65 bits per heavy atom. The maximum atomic E-state index is 12.0. The normalized spacial score (nSPS) is 17.4. The fourth-order valence-electron chi connectivity index (χ4n) is 3.64. The lowest BCUT2D eigenvalue weighted by Crippen LogP contribution is -2.43. The summed E-state index contributed by atoms with van der Waals surface area (Å²) in [5.74, 6) is -1.70. The van der Waals surface area contributed by atoms with E-state index in [0.717, 1.165) is 5.56 Å². The summed E-state index contributed by atoms with van der Waals surface area (Å²) in [4.78, 5) is 23.3. The predicted molar refractivity (Wildman–Crippen MR) is 95.9 cm³/mol. The molecular weight excluding hydrogens is 330 g/mol. The van der Waals surface area contributed by atoms with Crippen LogP contribution in [0.1, 0.15) is 37.4 Å². The van der Waals surface area contributed by atoms with Crippen LogP contribution >= 0.6 is 0 Å². The largest absolute Gasteiger partial charge is 0.478 e. The molecule has 0 radical (unpaired) electrons. The van der Waals surface area contributed by atoms with Crippen LogP contribution in [0.4, 0.5) is 0 Å². The number of benzene rings is 3. The third-order valence-corrected chi connectivity index (χ3v) is 4.82. The predicted octanol–water partition coefficient (Wildman–Crippen LogP) is 2.75. The summed E-state index contributed by atoms with van der Waals surface area (Å²) in [6, 6.07) is 19.0. The van der Waals surface area contributed by atoms with Crippen molar-refractivity contribution in [1.82, 2.24) is 0 Å². The number of aromatic carboxylic acids is 1. The highest BCUT2D eigenvalue weighted by Crippen LogP contribution is 2.53. The molecule has 0 fully saturated rings. The average molecular weight is 345 g/mol. The Bertz CT molecular complexity index is 1060. The first-order chi connectivity index (χ1) is 12.4. The van der Waals surface area contributed by atoms with Crippen LogP contribution in [-0.4, -0.2) is 22.1 Å². The van der Waals surface area contributed by atoms with Gasteiger partial charge in [-0.15, -0.1) is 0 Å². The van der Waals surface area contributed by atoms with Gasteiger partial charge in [0.05, 0.1) is 11.1 Å². The number of hydrogen-bond donors (Lipinski definition) is 3. The number of primary amides is 1. The number of aliphatic hydroxyl groups is 1. The van der Waals surface area contributed by atoms with E-state index in [2.05, 4.69) is 0 Å². The molecule has 26 heavy (non-hydrogen) atoms. The number of hydrogen-bond acceptors (Lipinski definition) is 3. The zero-order chi connectivity index (χ0) is 18.5. The molecule has 4 rings (SSSR count). The summed E-state index contributed by atoms with van der Waals surface area (Å²) < 4.78 is 0. The Morgan fingerprint density at radius 3 is 2.31 bits per heavy atom. The SMILES string of the molecule is NC(=O)c1c2ccc(-c3ccccc3)c1C2(O)c1cccc(C(=O)O)c1. The highest BCUT2D eigenvalue weighted by Gasteiger charge is 2.50. The van der Waals surface area contributed by atoms with Gasteiger partial charge in [0.15, 0.2) is 0 Å². The zero-order valence-electron chi connectivity index (χ0n) is 13.6. The van der Waals surface area contributed by atoms with E-state index in [4.69, 9.17) is 5.73 Å². The molecular formula is C21H15NO4. The molecule has 1 aliphatic carbocycles. The summed E-state index contributed by atoms with van der Waals surface area (Å²) >= 11 is 0. The van der Waals surface area contributed by atoms with Crippen LogP contribution in [0.5, 0.6) is 0 Å². The van der Waals surface area contributed by atoms with Crippen molar-refractivity contribution in [3.8, 4) is 11.1 Å². The second kappa shape index (κ2) is 5.54. The van der Waals surface area contributed by atoms with Crippen LogP contribution in [0.3, 0.4) is 0 Å². The third kappa shape index (κ3) is 2.08. The second-order valence-corrected chi connectivity index (χ2v) is 6.24. The van der Waals surface area contributed by atoms with Crippen molar-refractivity contribution in [2.45, 2.75) is 5.60 Å². The van der Waals surface area contributed by atoms with Gasteiger partial charge >= 0.3 is 5.97 Å². The summed E-state index contributed by atoms with van der Waals surface area (Å²) in [6.45, 7) is 0. The molecule has 0 saturated carbocycles. The number of carbonyl (C=O) groups is 2. The second-order valence-electron chi connectivity index (χ2n) is 6.24. The molecule has 1 amide bonds. The lowest BCUT2D eigenvalue weighted by Gasteiger charge is -2.43. The Labute approximate surface area is 149 Å². The molecule has 1 atom stereocenters. The molecule has 0 saturated heterocycles. The van der Waals surface area contributed by atoms with E-state index in [-0.39, 0.29) is 11.1 Å². The van der Waals surface area contributed by atoms with Crippen LogP contribution in [0.2, 0.25) is 0 Å². The first-order valence-electron chi connectivity index (χ1n) is 8.04. The van der Waals surface area contributed by atoms with E-state index in [1.165, 1.54) is 12.1 Å². The van der Waals surface area contributed by atoms with Crippen molar-refractivity contribution in [1.29, 1.82) is 0 Å². The minimum Gasteiger partial charge on any atom is -0.478 e. The van der Waals surface area contributed by atoms with Crippen molar-refractivity contribution in [3.05, 3.63) is 94.5 Å². The molecule has 0 heterocycles. The molecule has 3 aromatic carbocycles. The molecule has 2 bridgehead atoms. The topological polar surface area (TPSA) is 101 Å². The number of rotatable bonds is 4. The minimum atomic E-state index is -1.56. The molecule has 3 aromatic rings. The van der Waals surface area contributed by atoms with E-state index in [1.807, 2.05) is 36.4 Å². The van der Waals surface area contributed by atoms with Gasteiger partial charge in [-0.05, 0) is 28.8 Å². The van der Waals surface area contributed by atoms with Crippen LogP contribution < -0.4 is 5.73 Å². The quantitative estimate of drug-likeness (QED) is 0.677. The summed E-state index contributed by atoms with van der Waals surface area (Å²) in [5.41, 5.74) is 7.05. The van der Waals surface area contributed by atoms with Gasteiger partial charge in [0.1, 0.15) is 5.60 Å². The number of amides is 1. The van der Waals surface area contributed by atoms with Gasteiger partial charge in [0.25, 0.3) is 0 Å². The first-order valence-corrected chi connectivity index (χ1v) is 8.04. The highest BCUT2D eigenvalue weighted by atomic mass is 16.4. The average Bonchev–Trinajstić information content (AvgIpc) is 2.67. The molecule has 1 unspecified atom stereocenters. The number of carbonyl (C=O) groups excluding carboxylic acids is 1. The van der Waals surface area contributed by atoms with E-state index in [9.17, 15) is 19.8 Å². The van der Waals surface area contributed by atoms with Crippen molar-refractivity contribution < 1.29 is 19.8 Å². The molecule has 0 aliphatic heterocycles. The van der Waals surface area contributed by atoms with Crippen molar-refractivity contribution in [2.75, 3.05) is 0 Å². The summed E-state index contributed by atoms with van der Waals surface area (Å²) in [5, 5.41) is 20.7. The molecule has 1 aliphatic rings. The Kier molecular flexibility index (Phi) is 3.42. The van der Waals surface area contributed by atoms with E-state index in [0.29, 0.717) is 22.3 Å². The maximum absolute atomic E-state index is 12.0. The van der Waals surface area contributed by atoms with Gasteiger partial charge in [-0.1, -0.05) is 54.6 Å². The Balaban J connectivity index is 1.96. The molecule has 4 N–H and O–H groups in total. The van der Waals surface area contributed by atoms with E-state index < -0.39 is 17.5 Å². The van der Waals surface area contributed by atoms with Crippen molar-refractivity contribution >= 4 is 11.9 Å². The summed E-state index contributed by atoms with van der Waals surface area (Å²) in [6.07, 6.45) is 0.